The number of aliphatic carboxylic acids is 2. The molecule has 0 aliphatic rings. The van der Waals surface area contributed by atoms with Crippen LogP contribution in [0, 0.1) is 0 Å². The summed E-state index contributed by atoms with van der Waals surface area (Å²) >= 11 is 0. The fourth-order valence-corrected chi connectivity index (χ4v) is 2.44. The van der Waals surface area contributed by atoms with Gasteiger partial charge in [-0.3, -0.25) is 19.2 Å². The van der Waals surface area contributed by atoms with E-state index >= 15 is 0 Å². The lowest BCUT2D eigenvalue weighted by Gasteiger charge is -2.23. The van der Waals surface area contributed by atoms with Crippen molar-refractivity contribution in [1.29, 1.82) is 0 Å². The second-order valence-electron chi connectivity index (χ2n) is 6.44. The maximum Gasteiger partial charge on any atom is 0.326 e. The molecule has 170 valence electrons. The number of rotatable bonds is 12. The highest BCUT2D eigenvalue weighted by atomic mass is 16.4. The highest BCUT2D eigenvalue weighted by molar-refractivity contribution is 5.94. The molecule has 9 N–H and O–H groups in total. The molecular weight excluding hydrogens is 416 g/mol. The number of carbonyl (C=O) groups excluding carboxylic acids is 3. The molecule has 0 saturated carbocycles. The summed E-state index contributed by atoms with van der Waals surface area (Å²) in [5.41, 5.74) is 5.62. The molecular formula is C18H24N4O9. The van der Waals surface area contributed by atoms with Gasteiger partial charge in [-0.25, -0.2) is 4.79 Å². The summed E-state index contributed by atoms with van der Waals surface area (Å²) in [5, 5.41) is 43.1. The van der Waals surface area contributed by atoms with Gasteiger partial charge in [0, 0.05) is 6.42 Å². The molecule has 0 fully saturated rings. The minimum absolute atomic E-state index is 0.0500. The number of carboxylic acid groups (broad SMARTS) is 2. The van der Waals surface area contributed by atoms with Crippen molar-refractivity contribution < 1.29 is 44.4 Å². The summed E-state index contributed by atoms with van der Waals surface area (Å²) in [6, 6.07) is 0.983. The maximum absolute atomic E-state index is 12.6. The number of hydrogen-bond donors (Lipinski definition) is 8. The number of aliphatic hydroxyl groups excluding tert-OH is 1. The molecule has 0 heterocycles. The van der Waals surface area contributed by atoms with Gasteiger partial charge in [-0.1, -0.05) is 12.1 Å². The molecule has 0 radical (unpaired) electrons. The van der Waals surface area contributed by atoms with Crippen molar-refractivity contribution in [3.63, 3.8) is 0 Å². The van der Waals surface area contributed by atoms with E-state index < -0.39 is 67.4 Å². The third kappa shape index (κ3) is 8.67. The first kappa shape index (κ1) is 25.3. The van der Waals surface area contributed by atoms with Crippen molar-refractivity contribution >= 4 is 29.7 Å². The fourth-order valence-electron chi connectivity index (χ4n) is 2.44. The molecule has 3 atom stereocenters. The van der Waals surface area contributed by atoms with E-state index in [1.807, 2.05) is 5.32 Å². The number of nitrogens with two attached hydrogens (primary N) is 1. The maximum atomic E-state index is 12.6. The topological polar surface area (TPSA) is 228 Å². The number of amides is 3. The number of phenolic OH excluding ortho intramolecular Hbond substituents is 1. The van der Waals surface area contributed by atoms with Gasteiger partial charge in [0.1, 0.15) is 23.9 Å². The summed E-state index contributed by atoms with van der Waals surface area (Å²) in [6.07, 6.45) is -1.06. The van der Waals surface area contributed by atoms with Crippen LogP contribution in [0.4, 0.5) is 0 Å². The fraction of sp³-hybridized carbons (Fsp3) is 0.389. The zero-order valence-corrected chi connectivity index (χ0v) is 16.3. The molecule has 0 aliphatic carbocycles. The van der Waals surface area contributed by atoms with Gasteiger partial charge in [-0.05, 0) is 17.7 Å². The van der Waals surface area contributed by atoms with Crippen LogP contribution < -0.4 is 21.7 Å². The average molecular weight is 440 g/mol. The second-order valence-corrected chi connectivity index (χ2v) is 6.44. The number of phenols is 1. The molecule has 0 spiro atoms. The van der Waals surface area contributed by atoms with E-state index in [9.17, 15) is 34.2 Å². The standard InChI is InChI=1S/C18H24N4O9/c19-7-14(25)20-13(8-23)17(29)21-11(5-9-1-3-10(24)4-2-9)16(28)22-12(18(30)31)6-15(26)27/h1-4,11-13,23-24H,5-8,19H2,(H,20,25)(H,21,29)(H,22,28)(H,26,27)(H,30,31)/t11-,12-,13-/m0/s1. The van der Waals surface area contributed by atoms with E-state index in [1.54, 1.807) is 0 Å². The Hall–Kier alpha value is -3.71. The van der Waals surface area contributed by atoms with Gasteiger partial charge in [0.2, 0.25) is 17.7 Å². The Morgan fingerprint density at radius 2 is 1.42 bits per heavy atom. The van der Waals surface area contributed by atoms with Crippen LogP contribution in [0.1, 0.15) is 12.0 Å². The van der Waals surface area contributed by atoms with Gasteiger partial charge in [-0.15, -0.1) is 0 Å². The van der Waals surface area contributed by atoms with E-state index in [0.717, 1.165) is 0 Å². The van der Waals surface area contributed by atoms with Gasteiger partial charge >= 0.3 is 11.9 Å². The van der Waals surface area contributed by atoms with Crippen molar-refractivity contribution in [1.82, 2.24) is 16.0 Å². The Balaban J connectivity index is 3.06. The molecule has 0 saturated heterocycles. The normalized spacial score (nSPS) is 13.4. The van der Waals surface area contributed by atoms with Crippen LogP contribution >= 0.6 is 0 Å². The van der Waals surface area contributed by atoms with Crippen molar-refractivity contribution in [3.05, 3.63) is 29.8 Å². The van der Waals surface area contributed by atoms with Crippen molar-refractivity contribution in [3.8, 4) is 5.75 Å². The zero-order chi connectivity index (χ0) is 23.6. The van der Waals surface area contributed by atoms with Crippen LogP contribution in [0.15, 0.2) is 24.3 Å². The van der Waals surface area contributed by atoms with Gasteiger partial charge < -0.3 is 42.1 Å². The van der Waals surface area contributed by atoms with Gasteiger partial charge in [0.25, 0.3) is 0 Å². The van der Waals surface area contributed by atoms with Gasteiger partial charge in [0.15, 0.2) is 0 Å². The quantitative estimate of drug-likeness (QED) is 0.163. The van der Waals surface area contributed by atoms with Gasteiger partial charge in [0.05, 0.1) is 19.6 Å². The smallest absolute Gasteiger partial charge is 0.326 e. The first-order valence-corrected chi connectivity index (χ1v) is 9.00. The second kappa shape index (κ2) is 12.1. The van der Waals surface area contributed by atoms with E-state index in [-0.39, 0.29) is 12.2 Å². The molecule has 0 bridgehead atoms. The highest BCUT2D eigenvalue weighted by Crippen LogP contribution is 2.12. The van der Waals surface area contributed by atoms with Crippen LogP contribution in [0.5, 0.6) is 5.75 Å². The Morgan fingerprint density at radius 3 is 1.90 bits per heavy atom. The van der Waals surface area contributed by atoms with E-state index in [2.05, 4.69) is 10.6 Å². The highest BCUT2D eigenvalue weighted by Gasteiger charge is 2.30. The lowest BCUT2D eigenvalue weighted by molar-refractivity contribution is -0.147. The third-order valence-corrected chi connectivity index (χ3v) is 4.02. The van der Waals surface area contributed by atoms with Crippen molar-refractivity contribution in [2.45, 2.75) is 31.0 Å². The Morgan fingerprint density at radius 1 is 0.871 bits per heavy atom. The van der Waals surface area contributed by atoms with Gasteiger partial charge in [-0.2, -0.15) is 0 Å². The number of nitrogens with one attached hydrogen (secondary N) is 3. The Labute approximate surface area is 176 Å². The van der Waals surface area contributed by atoms with Crippen LogP contribution in [-0.2, 0) is 30.4 Å². The summed E-state index contributed by atoms with van der Waals surface area (Å²) in [6.45, 7) is -1.25. The summed E-state index contributed by atoms with van der Waals surface area (Å²) in [4.78, 5) is 58.5. The van der Waals surface area contributed by atoms with Crippen molar-refractivity contribution in [2.75, 3.05) is 13.2 Å². The summed E-state index contributed by atoms with van der Waals surface area (Å²) < 4.78 is 0. The number of aromatic hydroxyl groups is 1. The predicted molar refractivity (Wildman–Crippen MR) is 104 cm³/mol. The monoisotopic (exact) mass is 440 g/mol. The third-order valence-electron chi connectivity index (χ3n) is 4.02. The first-order chi connectivity index (χ1) is 14.6. The predicted octanol–water partition coefficient (Wildman–Crippen LogP) is -3.10. The summed E-state index contributed by atoms with van der Waals surface area (Å²) in [5.74, 6) is -5.79. The minimum atomic E-state index is -1.75. The molecule has 0 aromatic heterocycles. The molecule has 0 aliphatic heterocycles. The molecule has 3 amide bonds. The molecule has 13 heteroatoms. The number of aliphatic hydroxyl groups is 1. The van der Waals surface area contributed by atoms with E-state index in [1.165, 1.54) is 24.3 Å². The van der Waals surface area contributed by atoms with Crippen molar-refractivity contribution in [2.24, 2.45) is 5.73 Å². The minimum Gasteiger partial charge on any atom is -0.508 e. The van der Waals surface area contributed by atoms with Crippen LogP contribution in [0.25, 0.3) is 0 Å². The van der Waals surface area contributed by atoms with Crippen LogP contribution in [-0.4, -0.2) is 81.4 Å². The number of benzene rings is 1. The average Bonchev–Trinajstić information content (AvgIpc) is 2.71. The lowest BCUT2D eigenvalue weighted by atomic mass is 10.0. The van der Waals surface area contributed by atoms with Crippen LogP contribution in [0.3, 0.4) is 0 Å². The molecule has 31 heavy (non-hydrogen) atoms. The molecule has 13 nitrogen and oxygen atoms in total. The number of hydrogen-bond acceptors (Lipinski definition) is 8. The number of carboxylic acids is 2. The lowest BCUT2D eigenvalue weighted by Crippen LogP contribution is -2.57. The number of carbonyl (C=O) groups is 5. The molecule has 1 aromatic carbocycles. The Kier molecular flexibility index (Phi) is 9.88. The molecule has 1 aromatic rings. The van der Waals surface area contributed by atoms with E-state index in [0.29, 0.717) is 5.56 Å². The Bertz CT molecular complexity index is 813. The molecule has 1 rings (SSSR count). The molecule has 0 unspecified atom stereocenters. The largest absolute Gasteiger partial charge is 0.508 e. The SMILES string of the molecule is NCC(=O)N[C@@H](CO)C(=O)N[C@@H](Cc1ccc(O)cc1)C(=O)N[C@@H](CC(=O)O)C(=O)O. The van der Waals surface area contributed by atoms with Crippen LogP contribution in [0.2, 0.25) is 0 Å². The zero-order valence-electron chi connectivity index (χ0n) is 16.3. The summed E-state index contributed by atoms with van der Waals surface area (Å²) in [7, 11) is 0. The first-order valence-electron chi connectivity index (χ1n) is 9.00. The van der Waals surface area contributed by atoms with E-state index in [4.69, 9.17) is 15.9 Å².